The summed E-state index contributed by atoms with van der Waals surface area (Å²) < 4.78 is 0. The summed E-state index contributed by atoms with van der Waals surface area (Å²) in [5.74, 6) is 0. The van der Waals surface area contributed by atoms with Gasteiger partial charge in [0.05, 0.1) is 6.10 Å². The quantitative estimate of drug-likeness (QED) is 0.532. The SMILES string of the molecule is CCC1=CCCC(O)C1O. The van der Waals surface area contributed by atoms with E-state index in [1.165, 1.54) is 0 Å². The van der Waals surface area contributed by atoms with E-state index in [1.807, 2.05) is 13.0 Å². The Kier molecular flexibility index (Phi) is 2.46. The first-order chi connectivity index (χ1) is 4.75. The van der Waals surface area contributed by atoms with Gasteiger partial charge in [-0.1, -0.05) is 13.0 Å². The Hall–Kier alpha value is -0.340. The fourth-order valence-corrected chi connectivity index (χ4v) is 1.32. The molecule has 2 atom stereocenters. The van der Waals surface area contributed by atoms with Crippen LogP contribution in [0.15, 0.2) is 11.6 Å². The zero-order valence-corrected chi connectivity index (χ0v) is 6.25. The molecular weight excluding hydrogens is 128 g/mol. The maximum Gasteiger partial charge on any atom is 0.101 e. The summed E-state index contributed by atoms with van der Waals surface area (Å²) in [5.41, 5.74) is 0.985. The first-order valence-corrected chi connectivity index (χ1v) is 3.80. The maximum atomic E-state index is 9.32. The number of aliphatic hydroxyl groups is 2. The van der Waals surface area contributed by atoms with Crippen molar-refractivity contribution in [3.63, 3.8) is 0 Å². The van der Waals surface area contributed by atoms with E-state index in [2.05, 4.69) is 0 Å². The predicted molar refractivity (Wildman–Crippen MR) is 39.6 cm³/mol. The minimum absolute atomic E-state index is 0.528. The maximum absolute atomic E-state index is 9.32. The summed E-state index contributed by atoms with van der Waals surface area (Å²) in [6, 6.07) is 0. The molecule has 0 heterocycles. The standard InChI is InChI=1S/C8H14O2/c1-2-6-4-3-5-7(9)8(6)10/h4,7-10H,2-3,5H2,1H3. The van der Waals surface area contributed by atoms with E-state index in [1.54, 1.807) is 0 Å². The second kappa shape index (κ2) is 3.17. The van der Waals surface area contributed by atoms with Gasteiger partial charge in [0.1, 0.15) is 6.10 Å². The summed E-state index contributed by atoms with van der Waals surface area (Å²) in [4.78, 5) is 0. The molecule has 1 aliphatic rings. The van der Waals surface area contributed by atoms with E-state index >= 15 is 0 Å². The van der Waals surface area contributed by atoms with Gasteiger partial charge in [-0.2, -0.15) is 0 Å². The van der Waals surface area contributed by atoms with Crippen LogP contribution in [0.25, 0.3) is 0 Å². The van der Waals surface area contributed by atoms with Crippen LogP contribution in [0.5, 0.6) is 0 Å². The lowest BCUT2D eigenvalue weighted by atomic mass is 9.92. The van der Waals surface area contributed by atoms with Crippen LogP contribution < -0.4 is 0 Å². The molecule has 2 N–H and O–H groups in total. The van der Waals surface area contributed by atoms with Gasteiger partial charge in [0, 0.05) is 0 Å². The highest BCUT2D eigenvalue weighted by Crippen LogP contribution is 2.20. The Bertz CT molecular complexity index is 140. The average molecular weight is 142 g/mol. The molecule has 0 saturated heterocycles. The second-order valence-electron chi connectivity index (χ2n) is 2.72. The Morgan fingerprint density at radius 1 is 1.60 bits per heavy atom. The van der Waals surface area contributed by atoms with Crippen LogP contribution in [0.2, 0.25) is 0 Å². The predicted octanol–water partition coefficient (Wildman–Crippen LogP) is 0.838. The van der Waals surface area contributed by atoms with E-state index in [0.29, 0.717) is 6.42 Å². The highest BCUT2D eigenvalue weighted by molar-refractivity contribution is 5.12. The second-order valence-corrected chi connectivity index (χ2v) is 2.72. The molecule has 0 aromatic heterocycles. The van der Waals surface area contributed by atoms with E-state index in [4.69, 9.17) is 0 Å². The molecule has 0 saturated carbocycles. The van der Waals surface area contributed by atoms with Crippen molar-refractivity contribution in [3.8, 4) is 0 Å². The lowest BCUT2D eigenvalue weighted by Gasteiger charge is -2.23. The van der Waals surface area contributed by atoms with Crippen molar-refractivity contribution in [1.82, 2.24) is 0 Å². The van der Waals surface area contributed by atoms with E-state index < -0.39 is 12.2 Å². The minimum atomic E-state index is -0.598. The smallest absolute Gasteiger partial charge is 0.101 e. The van der Waals surface area contributed by atoms with Crippen molar-refractivity contribution in [3.05, 3.63) is 11.6 Å². The molecule has 0 radical (unpaired) electrons. The van der Waals surface area contributed by atoms with Crippen molar-refractivity contribution in [1.29, 1.82) is 0 Å². The average Bonchev–Trinajstić information content (AvgIpc) is 1.95. The molecule has 1 rings (SSSR count). The summed E-state index contributed by atoms with van der Waals surface area (Å²) in [5, 5.41) is 18.5. The third-order valence-electron chi connectivity index (χ3n) is 2.02. The number of hydrogen-bond acceptors (Lipinski definition) is 2. The fourth-order valence-electron chi connectivity index (χ4n) is 1.32. The number of hydrogen-bond donors (Lipinski definition) is 2. The highest BCUT2D eigenvalue weighted by atomic mass is 16.3. The van der Waals surface area contributed by atoms with E-state index in [-0.39, 0.29) is 0 Å². The fraction of sp³-hybridized carbons (Fsp3) is 0.750. The molecule has 0 aromatic carbocycles. The van der Waals surface area contributed by atoms with Crippen LogP contribution in [0.4, 0.5) is 0 Å². The Labute approximate surface area is 61.2 Å². The van der Waals surface area contributed by atoms with Gasteiger partial charge in [-0.15, -0.1) is 0 Å². The van der Waals surface area contributed by atoms with Crippen LogP contribution in [-0.2, 0) is 0 Å². The zero-order chi connectivity index (χ0) is 7.56. The topological polar surface area (TPSA) is 40.5 Å². The van der Waals surface area contributed by atoms with E-state index in [9.17, 15) is 10.2 Å². The van der Waals surface area contributed by atoms with Gasteiger partial charge in [0.2, 0.25) is 0 Å². The minimum Gasteiger partial charge on any atom is -0.390 e. The molecule has 2 nitrogen and oxygen atoms in total. The molecule has 0 spiro atoms. The Morgan fingerprint density at radius 2 is 2.30 bits per heavy atom. The van der Waals surface area contributed by atoms with Gasteiger partial charge in [0.25, 0.3) is 0 Å². The van der Waals surface area contributed by atoms with Crippen LogP contribution in [0.3, 0.4) is 0 Å². The van der Waals surface area contributed by atoms with Gasteiger partial charge in [-0.05, 0) is 24.8 Å². The summed E-state index contributed by atoms with van der Waals surface area (Å²) >= 11 is 0. The third-order valence-corrected chi connectivity index (χ3v) is 2.02. The summed E-state index contributed by atoms with van der Waals surface area (Å²) in [6.07, 6.45) is 3.35. The monoisotopic (exact) mass is 142 g/mol. The van der Waals surface area contributed by atoms with Gasteiger partial charge in [-0.25, -0.2) is 0 Å². The molecule has 0 aromatic rings. The van der Waals surface area contributed by atoms with Crippen molar-refractivity contribution < 1.29 is 10.2 Å². The third kappa shape index (κ3) is 1.39. The number of rotatable bonds is 1. The molecule has 1 aliphatic carbocycles. The Morgan fingerprint density at radius 3 is 2.80 bits per heavy atom. The molecule has 0 fully saturated rings. The summed E-state index contributed by atoms with van der Waals surface area (Å²) in [7, 11) is 0. The van der Waals surface area contributed by atoms with Gasteiger partial charge >= 0.3 is 0 Å². The number of aliphatic hydroxyl groups excluding tert-OH is 2. The van der Waals surface area contributed by atoms with Crippen molar-refractivity contribution in [2.45, 2.75) is 38.4 Å². The molecule has 58 valence electrons. The molecule has 10 heavy (non-hydrogen) atoms. The van der Waals surface area contributed by atoms with Crippen LogP contribution in [0.1, 0.15) is 26.2 Å². The highest BCUT2D eigenvalue weighted by Gasteiger charge is 2.21. The molecule has 2 unspecified atom stereocenters. The van der Waals surface area contributed by atoms with Crippen molar-refractivity contribution >= 4 is 0 Å². The van der Waals surface area contributed by atoms with Crippen LogP contribution in [0, 0.1) is 0 Å². The van der Waals surface area contributed by atoms with Crippen molar-refractivity contribution in [2.24, 2.45) is 0 Å². The van der Waals surface area contributed by atoms with Crippen LogP contribution in [-0.4, -0.2) is 22.4 Å². The van der Waals surface area contributed by atoms with Gasteiger partial charge < -0.3 is 10.2 Å². The molecule has 2 heteroatoms. The first-order valence-electron chi connectivity index (χ1n) is 3.80. The normalized spacial score (nSPS) is 33.7. The number of allylic oxidation sites excluding steroid dienone is 1. The molecule has 0 amide bonds. The molecule has 0 aliphatic heterocycles. The molecular formula is C8H14O2. The summed E-state index contributed by atoms with van der Waals surface area (Å²) in [6.45, 7) is 1.99. The zero-order valence-electron chi connectivity index (χ0n) is 6.25. The van der Waals surface area contributed by atoms with Crippen molar-refractivity contribution in [2.75, 3.05) is 0 Å². The Balaban J connectivity index is 2.62. The van der Waals surface area contributed by atoms with Gasteiger partial charge in [0.15, 0.2) is 0 Å². The molecule has 0 bridgehead atoms. The van der Waals surface area contributed by atoms with Gasteiger partial charge in [-0.3, -0.25) is 0 Å². The van der Waals surface area contributed by atoms with E-state index in [0.717, 1.165) is 18.4 Å². The van der Waals surface area contributed by atoms with Crippen LogP contribution >= 0.6 is 0 Å². The lowest BCUT2D eigenvalue weighted by molar-refractivity contribution is 0.0298. The first kappa shape index (κ1) is 7.76. The lowest BCUT2D eigenvalue weighted by Crippen LogP contribution is -2.30. The largest absolute Gasteiger partial charge is 0.390 e.